The van der Waals surface area contributed by atoms with Crippen LogP contribution in [0.3, 0.4) is 0 Å². The Balaban J connectivity index is 1.91. The van der Waals surface area contributed by atoms with Crippen LogP contribution in [-0.4, -0.2) is 32.2 Å². The molecule has 0 saturated carbocycles. The summed E-state index contributed by atoms with van der Waals surface area (Å²) in [5.74, 6) is 0.664. The molecule has 0 radical (unpaired) electrons. The van der Waals surface area contributed by atoms with Gasteiger partial charge in [0, 0.05) is 11.8 Å². The van der Waals surface area contributed by atoms with Crippen molar-refractivity contribution in [3.63, 3.8) is 0 Å². The number of carbonyl (C=O) groups excluding carboxylic acids is 2. The molecule has 0 aliphatic heterocycles. The highest BCUT2D eigenvalue weighted by Gasteiger charge is 2.07. The Labute approximate surface area is 184 Å². The van der Waals surface area contributed by atoms with Gasteiger partial charge in [0.2, 0.25) is 5.91 Å². The van der Waals surface area contributed by atoms with Crippen molar-refractivity contribution in [3.8, 4) is 11.5 Å². The Kier molecular flexibility index (Phi) is 10.1. The van der Waals surface area contributed by atoms with E-state index >= 15 is 0 Å². The molecule has 0 heterocycles. The monoisotopic (exact) mass is 425 g/mol. The van der Waals surface area contributed by atoms with Crippen LogP contribution in [0.25, 0.3) is 6.08 Å². The smallest absolute Gasteiger partial charge is 0.338 e. The maximum absolute atomic E-state index is 12.2. The molecule has 2 aromatic rings. The normalized spacial score (nSPS) is 10.7. The van der Waals surface area contributed by atoms with E-state index < -0.39 is 0 Å². The zero-order valence-corrected chi connectivity index (χ0v) is 18.5. The molecule has 0 unspecified atom stereocenters. The molecule has 6 nitrogen and oxygen atoms in total. The van der Waals surface area contributed by atoms with Gasteiger partial charge in [0.1, 0.15) is 0 Å². The molecule has 0 saturated heterocycles. The highest BCUT2D eigenvalue weighted by Crippen LogP contribution is 2.28. The van der Waals surface area contributed by atoms with E-state index in [0.717, 1.165) is 18.4 Å². The summed E-state index contributed by atoms with van der Waals surface area (Å²) in [4.78, 5) is 23.9. The number of carbonyl (C=O) groups is 2. The number of benzene rings is 2. The number of ether oxygens (including phenoxy) is 3. The molecule has 1 N–H and O–H groups in total. The summed E-state index contributed by atoms with van der Waals surface area (Å²) in [6.45, 7) is 4.91. The second kappa shape index (κ2) is 13.1. The van der Waals surface area contributed by atoms with E-state index in [1.165, 1.54) is 18.9 Å². The fourth-order valence-electron chi connectivity index (χ4n) is 2.88. The average molecular weight is 426 g/mol. The number of nitrogens with one attached hydrogen (secondary N) is 1. The Bertz CT molecular complexity index is 874. The van der Waals surface area contributed by atoms with Gasteiger partial charge in [-0.15, -0.1) is 0 Å². The van der Waals surface area contributed by atoms with Gasteiger partial charge in [-0.1, -0.05) is 32.3 Å². The largest absolute Gasteiger partial charge is 0.493 e. The standard InChI is InChI=1S/C25H31NO5/c1-4-6-7-8-17-31-22-15-9-19(18-23(22)29-3)10-16-24(27)26-21-13-11-20(12-14-21)25(28)30-5-2/h9-16,18H,4-8,17H2,1-3H3,(H,26,27)/b16-10+. The number of esters is 1. The number of methoxy groups -OCH3 is 1. The first-order chi connectivity index (χ1) is 15.1. The van der Waals surface area contributed by atoms with Gasteiger partial charge in [0.25, 0.3) is 0 Å². The van der Waals surface area contributed by atoms with Gasteiger partial charge in [0.15, 0.2) is 11.5 Å². The van der Waals surface area contributed by atoms with Crippen molar-refractivity contribution in [1.29, 1.82) is 0 Å². The average Bonchev–Trinajstić information content (AvgIpc) is 2.78. The molecule has 0 spiro atoms. The third kappa shape index (κ3) is 8.16. The summed E-state index contributed by atoms with van der Waals surface area (Å²) < 4.78 is 16.2. The highest BCUT2D eigenvalue weighted by atomic mass is 16.5. The van der Waals surface area contributed by atoms with Crippen molar-refractivity contribution in [3.05, 3.63) is 59.7 Å². The number of unbranched alkanes of at least 4 members (excludes halogenated alkanes) is 3. The van der Waals surface area contributed by atoms with Crippen molar-refractivity contribution < 1.29 is 23.8 Å². The minimum absolute atomic E-state index is 0.279. The van der Waals surface area contributed by atoms with Gasteiger partial charge < -0.3 is 19.5 Å². The van der Waals surface area contributed by atoms with Crippen molar-refractivity contribution >= 4 is 23.6 Å². The van der Waals surface area contributed by atoms with Crippen molar-refractivity contribution in [2.24, 2.45) is 0 Å². The SMILES string of the molecule is CCCCCCOc1ccc(/C=C/C(=O)Nc2ccc(C(=O)OCC)cc2)cc1OC. The summed E-state index contributed by atoms with van der Waals surface area (Å²) in [6, 6.07) is 12.1. The predicted octanol–water partition coefficient (Wildman–Crippen LogP) is 5.48. The predicted molar refractivity (Wildman–Crippen MR) is 123 cm³/mol. The van der Waals surface area contributed by atoms with Crippen LogP contribution in [0, 0.1) is 0 Å². The minimum atomic E-state index is -0.386. The van der Waals surface area contributed by atoms with Crippen LogP contribution in [-0.2, 0) is 9.53 Å². The first-order valence-electron chi connectivity index (χ1n) is 10.6. The van der Waals surface area contributed by atoms with Gasteiger partial charge in [0.05, 0.1) is 25.9 Å². The zero-order valence-electron chi connectivity index (χ0n) is 18.5. The molecule has 0 fully saturated rings. The van der Waals surface area contributed by atoms with Gasteiger partial charge in [-0.25, -0.2) is 4.79 Å². The second-order valence-electron chi connectivity index (χ2n) is 6.94. The first kappa shape index (κ1) is 24.0. The maximum atomic E-state index is 12.2. The molecule has 0 aliphatic rings. The fourth-order valence-corrected chi connectivity index (χ4v) is 2.88. The Morgan fingerprint density at radius 1 is 0.968 bits per heavy atom. The van der Waals surface area contributed by atoms with Gasteiger partial charge in [-0.3, -0.25) is 4.79 Å². The second-order valence-corrected chi connectivity index (χ2v) is 6.94. The van der Waals surface area contributed by atoms with Crippen LogP contribution in [0.5, 0.6) is 11.5 Å². The molecule has 166 valence electrons. The number of anilines is 1. The molecule has 2 aromatic carbocycles. The van der Waals surface area contributed by atoms with E-state index in [0.29, 0.717) is 36.0 Å². The van der Waals surface area contributed by atoms with Crippen LogP contribution in [0.15, 0.2) is 48.5 Å². The maximum Gasteiger partial charge on any atom is 0.338 e. The van der Waals surface area contributed by atoms with E-state index in [4.69, 9.17) is 14.2 Å². The minimum Gasteiger partial charge on any atom is -0.493 e. The van der Waals surface area contributed by atoms with Gasteiger partial charge in [-0.05, 0) is 61.4 Å². The topological polar surface area (TPSA) is 73.9 Å². The molecule has 0 aromatic heterocycles. The fraction of sp³-hybridized carbons (Fsp3) is 0.360. The third-order valence-electron chi connectivity index (χ3n) is 4.53. The van der Waals surface area contributed by atoms with Gasteiger partial charge >= 0.3 is 5.97 Å². The summed E-state index contributed by atoms with van der Waals surface area (Å²) in [6.07, 6.45) is 7.72. The molecule has 6 heteroatoms. The van der Waals surface area contributed by atoms with Crippen LogP contribution < -0.4 is 14.8 Å². The molecule has 0 bridgehead atoms. The molecule has 31 heavy (non-hydrogen) atoms. The summed E-state index contributed by atoms with van der Waals surface area (Å²) in [7, 11) is 1.60. The van der Waals surface area contributed by atoms with Crippen molar-refractivity contribution in [1.82, 2.24) is 0 Å². The van der Waals surface area contributed by atoms with Crippen LogP contribution >= 0.6 is 0 Å². The van der Waals surface area contributed by atoms with E-state index in [1.807, 2.05) is 18.2 Å². The molecule has 0 aliphatic carbocycles. The van der Waals surface area contributed by atoms with Crippen LogP contribution in [0.4, 0.5) is 5.69 Å². The molecule has 0 atom stereocenters. The number of rotatable bonds is 12. The summed E-state index contributed by atoms with van der Waals surface area (Å²) in [5, 5.41) is 2.76. The molecule has 2 rings (SSSR count). The van der Waals surface area contributed by atoms with E-state index in [2.05, 4.69) is 12.2 Å². The van der Waals surface area contributed by atoms with Gasteiger partial charge in [-0.2, -0.15) is 0 Å². The van der Waals surface area contributed by atoms with E-state index in [9.17, 15) is 9.59 Å². The molecular weight excluding hydrogens is 394 g/mol. The Morgan fingerprint density at radius 2 is 1.74 bits per heavy atom. The van der Waals surface area contributed by atoms with Crippen molar-refractivity contribution in [2.45, 2.75) is 39.5 Å². The number of hydrogen-bond donors (Lipinski definition) is 1. The molecular formula is C25H31NO5. The summed E-state index contributed by atoms with van der Waals surface area (Å²) >= 11 is 0. The lowest BCUT2D eigenvalue weighted by atomic mass is 10.1. The zero-order chi connectivity index (χ0) is 22.5. The number of amides is 1. The van der Waals surface area contributed by atoms with E-state index in [-0.39, 0.29) is 11.9 Å². The van der Waals surface area contributed by atoms with Crippen LogP contribution in [0.1, 0.15) is 55.5 Å². The third-order valence-corrected chi connectivity index (χ3v) is 4.53. The lowest BCUT2D eigenvalue weighted by Gasteiger charge is -2.11. The van der Waals surface area contributed by atoms with Crippen molar-refractivity contribution in [2.75, 3.05) is 25.6 Å². The Morgan fingerprint density at radius 3 is 2.42 bits per heavy atom. The highest BCUT2D eigenvalue weighted by molar-refractivity contribution is 6.02. The first-order valence-corrected chi connectivity index (χ1v) is 10.6. The number of hydrogen-bond acceptors (Lipinski definition) is 5. The summed E-state index contributed by atoms with van der Waals surface area (Å²) in [5.41, 5.74) is 1.85. The lowest BCUT2D eigenvalue weighted by molar-refractivity contribution is -0.111. The van der Waals surface area contributed by atoms with E-state index in [1.54, 1.807) is 44.4 Å². The van der Waals surface area contributed by atoms with Crippen LogP contribution in [0.2, 0.25) is 0 Å². The molecule has 1 amide bonds. The quantitative estimate of drug-likeness (QED) is 0.277. The Hall–Kier alpha value is -3.28. The lowest BCUT2D eigenvalue weighted by Crippen LogP contribution is -2.08.